The summed E-state index contributed by atoms with van der Waals surface area (Å²) in [7, 11) is 1.29. The van der Waals surface area contributed by atoms with Crippen molar-refractivity contribution in [3.8, 4) is 28.1 Å². The number of fused-ring (bicyclic) bond motifs is 6. The van der Waals surface area contributed by atoms with Crippen LogP contribution in [0.1, 0.15) is 117 Å². The van der Waals surface area contributed by atoms with Gasteiger partial charge in [0.15, 0.2) is 0 Å². The molecule has 0 radical (unpaired) electrons. The number of aromatic amines is 2. The topological polar surface area (TPSA) is 204 Å². The standard InChI is InChI=1S/C48H60N8O8/c1-24(2)38(53-45(59)62-10)43(57)55-25(3)11-17-35(55)41-49-22-34(51-41)28-13-15-30-29(19-28)23-63-37-21-31-27(20-32(30)37)14-16-33-39(31)52-42(50-33)36-18-12-26(4)56(36)44(58)40(48(8,9)61)54-46(60)64-47(5,6)7/h13-16,19-22,24-26,35-36,38,40,61H,11-12,17-18,23H2,1-10H3,(H,49,51)(H,50,52)(H,53,59)(H,54,60)/t25-,26-,35-,36-,38-,40+/m0/s1. The first kappa shape index (κ1) is 44.4. The van der Waals surface area contributed by atoms with Gasteiger partial charge >= 0.3 is 12.2 Å². The van der Waals surface area contributed by atoms with Crippen LogP contribution in [0.4, 0.5) is 9.59 Å². The molecular weight excluding hydrogens is 817 g/mol. The summed E-state index contributed by atoms with van der Waals surface area (Å²) in [5, 5.41) is 18.3. The summed E-state index contributed by atoms with van der Waals surface area (Å²) < 4.78 is 16.7. The molecule has 340 valence electrons. The number of likely N-dealkylation sites (tertiary alicyclic amines) is 2. The number of benzene rings is 3. The number of nitrogens with zero attached hydrogens (tertiary/aromatic N) is 4. The van der Waals surface area contributed by atoms with Crippen molar-refractivity contribution in [1.82, 2.24) is 40.4 Å². The third-order valence-electron chi connectivity index (χ3n) is 12.8. The van der Waals surface area contributed by atoms with Gasteiger partial charge in [0.1, 0.15) is 41.7 Å². The first-order chi connectivity index (χ1) is 30.2. The molecule has 0 bridgehead atoms. The molecule has 64 heavy (non-hydrogen) atoms. The quantitative estimate of drug-likeness (QED) is 0.0972. The summed E-state index contributed by atoms with van der Waals surface area (Å²) >= 11 is 0. The van der Waals surface area contributed by atoms with E-state index in [1.165, 1.54) is 21.0 Å². The molecule has 3 aromatic carbocycles. The molecule has 2 saturated heterocycles. The van der Waals surface area contributed by atoms with Crippen molar-refractivity contribution < 1.29 is 38.5 Å². The van der Waals surface area contributed by atoms with Crippen LogP contribution in [0.5, 0.6) is 5.75 Å². The Hall–Kier alpha value is -6.16. The van der Waals surface area contributed by atoms with Crippen molar-refractivity contribution in [3.63, 3.8) is 0 Å². The van der Waals surface area contributed by atoms with Crippen LogP contribution in [-0.2, 0) is 25.7 Å². The third kappa shape index (κ3) is 8.47. The fraction of sp³-hybridized carbons (Fsp3) is 0.500. The second-order valence-electron chi connectivity index (χ2n) is 19.5. The molecule has 4 amide bonds. The minimum Gasteiger partial charge on any atom is -0.488 e. The average molecular weight is 877 g/mol. The average Bonchev–Trinajstić information content (AvgIpc) is 4.05. The monoisotopic (exact) mass is 876 g/mol. The summed E-state index contributed by atoms with van der Waals surface area (Å²) in [5.74, 6) is 1.35. The molecule has 0 unspecified atom stereocenters. The molecule has 3 aliphatic rings. The van der Waals surface area contributed by atoms with Crippen LogP contribution < -0.4 is 15.4 Å². The first-order valence-corrected chi connectivity index (χ1v) is 22.2. The molecule has 6 atom stereocenters. The Kier molecular flexibility index (Phi) is 11.6. The van der Waals surface area contributed by atoms with Crippen molar-refractivity contribution in [2.75, 3.05) is 7.11 Å². The number of methoxy groups -OCH3 is 1. The zero-order valence-corrected chi connectivity index (χ0v) is 38.3. The van der Waals surface area contributed by atoms with E-state index in [1.807, 2.05) is 44.7 Å². The molecule has 2 fully saturated rings. The van der Waals surface area contributed by atoms with Crippen molar-refractivity contribution in [3.05, 3.63) is 65.9 Å². The van der Waals surface area contributed by atoms with Crippen LogP contribution in [0.25, 0.3) is 44.2 Å². The Labute approximate surface area is 372 Å². The van der Waals surface area contributed by atoms with E-state index in [-0.39, 0.29) is 30.0 Å². The van der Waals surface area contributed by atoms with Crippen molar-refractivity contribution >= 4 is 45.8 Å². The molecule has 0 aliphatic carbocycles. The molecule has 16 nitrogen and oxygen atoms in total. The highest BCUT2D eigenvalue weighted by Crippen LogP contribution is 2.44. The van der Waals surface area contributed by atoms with Gasteiger partial charge in [-0.25, -0.2) is 19.6 Å². The van der Waals surface area contributed by atoms with E-state index in [9.17, 15) is 24.3 Å². The van der Waals surface area contributed by atoms with E-state index in [0.717, 1.165) is 74.8 Å². The van der Waals surface area contributed by atoms with Crippen LogP contribution in [0.15, 0.2) is 48.7 Å². The van der Waals surface area contributed by atoms with Gasteiger partial charge in [-0.3, -0.25) is 9.59 Å². The number of hydrogen-bond donors (Lipinski definition) is 5. The maximum Gasteiger partial charge on any atom is 0.408 e. The molecular formula is C48H60N8O8. The van der Waals surface area contributed by atoms with Gasteiger partial charge in [-0.2, -0.15) is 0 Å². The van der Waals surface area contributed by atoms with Crippen molar-refractivity contribution in [2.45, 2.75) is 142 Å². The van der Waals surface area contributed by atoms with Crippen LogP contribution in [-0.4, -0.2) is 101 Å². The highest BCUT2D eigenvalue weighted by atomic mass is 16.6. The number of aliphatic hydroxyl groups is 1. The van der Waals surface area contributed by atoms with Gasteiger partial charge in [0.2, 0.25) is 11.8 Å². The van der Waals surface area contributed by atoms with Gasteiger partial charge in [-0.15, -0.1) is 0 Å². The van der Waals surface area contributed by atoms with Gasteiger partial charge in [-0.05, 0) is 126 Å². The van der Waals surface area contributed by atoms with Crippen LogP contribution in [0.3, 0.4) is 0 Å². The molecule has 5 heterocycles. The molecule has 16 heteroatoms. The largest absolute Gasteiger partial charge is 0.488 e. The van der Waals surface area contributed by atoms with E-state index in [4.69, 9.17) is 24.2 Å². The highest BCUT2D eigenvalue weighted by molar-refractivity contribution is 6.07. The predicted octanol–water partition coefficient (Wildman–Crippen LogP) is 7.81. The minimum absolute atomic E-state index is 0.0262. The Morgan fingerprint density at radius 3 is 2.19 bits per heavy atom. The van der Waals surface area contributed by atoms with E-state index >= 15 is 0 Å². The van der Waals surface area contributed by atoms with Gasteiger partial charge in [0, 0.05) is 23.0 Å². The number of nitrogens with one attached hydrogen (secondary N) is 4. The lowest BCUT2D eigenvalue weighted by Gasteiger charge is -2.36. The third-order valence-corrected chi connectivity index (χ3v) is 12.8. The van der Waals surface area contributed by atoms with Crippen LogP contribution in [0.2, 0.25) is 0 Å². The fourth-order valence-corrected chi connectivity index (χ4v) is 9.51. The lowest BCUT2D eigenvalue weighted by Crippen LogP contribution is -2.59. The number of hydrogen-bond acceptors (Lipinski definition) is 10. The Morgan fingerprint density at radius 1 is 0.844 bits per heavy atom. The summed E-state index contributed by atoms with van der Waals surface area (Å²) in [6.45, 7) is 16.4. The van der Waals surface area contributed by atoms with Gasteiger partial charge < -0.3 is 49.7 Å². The molecule has 0 saturated carbocycles. The molecule has 2 aromatic heterocycles. The zero-order valence-electron chi connectivity index (χ0n) is 38.3. The van der Waals surface area contributed by atoms with E-state index in [0.29, 0.717) is 24.7 Å². The number of aromatic nitrogens is 4. The molecule has 3 aliphatic heterocycles. The van der Waals surface area contributed by atoms with Crippen molar-refractivity contribution in [2.24, 2.45) is 5.92 Å². The summed E-state index contributed by atoms with van der Waals surface area (Å²) in [6.07, 6.45) is 3.32. The lowest BCUT2D eigenvalue weighted by molar-refractivity contribution is -0.142. The second-order valence-corrected chi connectivity index (χ2v) is 19.5. The molecule has 5 aromatic rings. The van der Waals surface area contributed by atoms with Crippen LogP contribution >= 0.6 is 0 Å². The Morgan fingerprint density at radius 2 is 1.53 bits per heavy atom. The second kappa shape index (κ2) is 16.8. The van der Waals surface area contributed by atoms with Gasteiger partial charge in [-0.1, -0.05) is 32.0 Å². The smallest absolute Gasteiger partial charge is 0.408 e. The Bertz CT molecular complexity index is 2620. The number of amides is 4. The number of rotatable bonds is 9. The molecule has 8 rings (SSSR count). The number of H-pyrrole nitrogens is 2. The van der Waals surface area contributed by atoms with E-state index in [2.05, 4.69) is 50.9 Å². The molecule has 5 N–H and O–H groups in total. The minimum atomic E-state index is -1.57. The number of alkyl carbamates (subject to hydrolysis) is 2. The SMILES string of the molecule is COC(=O)N[C@H](C(=O)N1[C@@H](C)CC[C@H]1c1ncc(-c2ccc3c(c2)COc2cc4c(ccc5[nH]c([C@@H]6CC[C@H](C)N6C(=O)[C@@H](NC(=O)OC(C)(C)C)C(C)(C)O)nc54)cc2-3)[nH]1)C(C)C. The van der Waals surface area contributed by atoms with E-state index < -0.39 is 47.4 Å². The zero-order chi connectivity index (χ0) is 46.0. The summed E-state index contributed by atoms with van der Waals surface area (Å²) in [6, 6.07) is 11.6. The van der Waals surface area contributed by atoms with Gasteiger partial charge in [0.05, 0.1) is 47.7 Å². The van der Waals surface area contributed by atoms with E-state index in [1.54, 1.807) is 31.9 Å². The number of imidazole rings is 2. The van der Waals surface area contributed by atoms with Crippen LogP contribution in [0, 0.1) is 5.92 Å². The Balaban J connectivity index is 1.04. The maximum absolute atomic E-state index is 14.3. The predicted molar refractivity (Wildman–Crippen MR) is 241 cm³/mol. The number of carbonyl (C=O) groups is 4. The highest BCUT2D eigenvalue weighted by Gasteiger charge is 2.46. The normalized spacial score (nSPS) is 20.8. The van der Waals surface area contributed by atoms with Gasteiger partial charge in [0.25, 0.3) is 0 Å². The number of ether oxygens (including phenoxy) is 3. The summed E-state index contributed by atoms with van der Waals surface area (Å²) in [4.78, 5) is 73.5. The lowest BCUT2D eigenvalue weighted by atomic mass is 9.92. The van der Waals surface area contributed by atoms with Crippen molar-refractivity contribution in [1.29, 1.82) is 0 Å². The first-order valence-electron chi connectivity index (χ1n) is 22.2. The summed E-state index contributed by atoms with van der Waals surface area (Å²) in [5.41, 5.74) is 4.03. The number of carbonyl (C=O) groups excluding carboxylic acids is 4. The molecule has 0 spiro atoms. The maximum atomic E-state index is 14.3. The fourth-order valence-electron chi connectivity index (χ4n) is 9.51.